The minimum atomic E-state index is -0.402. The maximum atomic E-state index is 9.50. The van der Waals surface area contributed by atoms with E-state index in [1.165, 1.54) is 12.8 Å². The van der Waals surface area contributed by atoms with Gasteiger partial charge in [-0.1, -0.05) is 33.6 Å². The van der Waals surface area contributed by atoms with Crippen molar-refractivity contribution in [1.82, 2.24) is 0 Å². The number of hydrogen-bond acceptors (Lipinski definition) is 3. The molecule has 14 heavy (non-hydrogen) atoms. The lowest BCUT2D eigenvalue weighted by molar-refractivity contribution is -0.310. The lowest BCUT2D eigenvalue weighted by atomic mass is 10.1. The van der Waals surface area contributed by atoms with Gasteiger partial charge in [0.15, 0.2) is 0 Å². The topological polar surface area (TPSA) is 35.5 Å². The SMILES string of the molecule is CC(C)(C)OOC=O.CCC(C)CC. The first-order valence-corrected chi connectivity index (χ1v) is 5.15. The van der Waals surface area contributed by atoms with Gasteiger partial charge in [-0.15, -0.1) is 0 Å². The van der Waals surface area contributed by atoms with Gasteiger partial charge in [-0.05, 0) is 26.7 Å². The molecule has 0 rings (SSSR count). The molecule has 86 valence electrons. The van der Waals surface area contributed by atoms with Crippen LogP contribution in [0.15, 0.2) is 0 Å². The highest BCUT2D eigenvalue weighted by Crippen LogP contribution is 2.05. The Morgan fingerprint density at radius 3 is 1.71 bits per heavy atom. The van der Waals surface area contributed by atoms with Crippen molar-refractivity contribution < 1.29 is 14.6 Å². The van der Waals surface area contributed by atoms with Crippen LogP contribution in [0.5, 0.6) is 0 Å². The molecular weight excluding hydrogens is 180 g/mol. The number of hydrogen-bond donors (Lipinski definition) is 0. The van der Waals surface area contributed by atoms with Crippen LogP contribution in [0.1, 0.15) is 54.4 Å². The standard InChI is InChI=1S/C6H14.C5H10O3/c1-4-6(3)5-2;1-5(2,3)8-7-4-6/h6H,4-5H2,1-3H3;4H,1-3H3. The van der Waals surface area contributed by atoms with Crippen LogP contribution >= 0.6 is 0 Å². The average molecular weight is 204 g/mol. The first-order chi connectivity index (χ1) is 6.37. The number of rotatable bonds is 4. The Hall–Kier alpha value is -0.570. The van der Waals surface area contributed by atoms with Crippen molar-refractivity contribution in [2.75, 3.05) is 0 Å². The second-order valence-corrected chi connectivity index (χ2v) is 4.31. The predicted octanol–water partition coefficient (Wildman–Crippen LogP) is 3.33. The van der Waals surface area contributed by atoms with Crippen molar-refractivity contribution in [2.45, 2.75) is 60.0 Å². The summed E-state index contributed by atoms with van der Waals surface area (Å²) < 4.78 is 0. The van der Waals surface area contributed by atoms with Gasteiger partial charge in [0, 0.05) is 0 Å². The van der Waals surface area contributed by atoms with Crippen LogP contribution in [0.2, 0.25) is 0 Å². The minimum Gasteiger partial charge on any atom is -0.301 e. The van der Waals surface area contributed by atoms with Crippen LogP contribution in [0.4, 0.5) is 0 Å². The maximum absolute atomic E-state index is 9.50. The molecule has 0 spiro atoms. The van der Waals surface area contributed by atoms with Gasteiger partial charge >= 0.3 is 6.47 Å². The molecule has 0 aromatic carbocycles. The molecule has 0 aliphatic carbocycles. The smallest absolute Gasteiger partial charge is 0.301 e. The third-order valence-electron chi connectivity index (χ3n) is 1.73. The van der Waals surface area contributed by atoms with Gasteiger partial charge in [0.25, 0.3) is 0 Å². The Morgan fingerprint density at radius 2 is 1.64 bits per heavy atom. The summed E-state index contributed by atoms with van der Waals surface area (Å²) in [6.45, 7) is 12.4. The fraction of sp³-hybridized carbons (Fsp3) is 0.909. The Kier molecular flexibility index (Phi) is 10.2. The lowest BCUT2D eigenvalue weighted by Crippen LogP contribution is -2.18. The van der Waals surface area contributed by atoms with Crippen molar-refractivity contribution in [1.29, 1.82) is 0 Å². The summed E-state index contributed by atoms with van der Waals surface area (Å²) in [5, 5.41) is 0. The lowest BCUT2D eigenvalue weighted by Gasteiger charge is -2.13. The summed E-state index contributed by atoms with van der Waals surface area (Å²) in [6, 6.07) is 0. The molecule has 0 fully saturated rings. The van der Waals surface area contributed by atoms with Gasteiger partial charge in [-0.25, -0.2) is 0 Å². The molecular formula is C11H24O3. The van der Waals surface area contributed by atoms with E-state index in [0.29, 0.717) is 0 Å². The van der Waals surface area contributed by atoms with E-state index in [1.54, 1.807) is 20.8 Å². The van der Waals surface area contributed by atoms with Gasteiger partial charge in [0.1, 0.15) is 5.60 Å². The van der Waals surface area contributed by atoms with Gasteiger partial charge in [0.05, 0.1) is 0 Å². The second kappa shape index (κ2) is 9.00. The van der Waals surface area contributed by atoms with Crippen molar-refractivity contribution in [3.05, 3.63) is 0 Å². The summed E-state index contributed by atoms with van der Waals surface area (Å²) in [4.78, 5) is 18.0. The zero-order valence-electron chi connectivity index (χ0n) is 10.3. The quantitative estimate of drug-likeness (QED) is 0.400. The summed E-state index contributed by atoms with van der Waals surface area (Å²) in [5.74, 6) is 0.935. The fourth-order valence-electron chi connectivity index (χ4n) is 0.453. The number of carbonyl (C=O) groups excluding carboxylic acids is 1. The molecule has 0 aromatic rings. The highest BCUT2D eigenvalue weighted by Gasteiger charge is 2.10. The predicted molar refractivity (Wildman–Crippen MR) is 57.7 cm³/mol. The van der Waals surface area contributed by atoms with E-state index in [0.717, 1.165) is 5.92 Å². The molecule has 0 unspecified atom stereocenters. The van der Waals surface area contributed by atoms with Crippen molar-refractivity contribution >= 4 is 6.47 Å². The van der Waals surface area contributed by atoms with E-state index in [-0.39, 0.29) is 6.47 Å². The Balaban J connectivity index is 0. The Morgan fingerprint density at radius 1 is 1.21 bits per heavy atom. The zero-order chi connectivity index (χ0) is 11.6. The van der Waals surface area contributed by atoms with Crippen LogP contribution < -0.4 is 0 Å². The molecule has 0 radical (unpaired) electrons. The molecule has 0 aromatic heterocycles. The monoisotopic (exact) mass is 204 g/mol. The molecule has 3 nitrogen and oxygen atoms in total. The van der Waals surface area contributed by atoms with Crippen LogP contribution in [-0.4, -0.2) is 12.1 Å². The van der Waals surface area contributed by atoms with E-state index in [2.05, 4.69) is 30.5 Å². The summed E-state index contributed by atoms with van der Waals surface area (Å²) in [5.41, 5.74) is -0.402. The fourth-order valence-corrected chi connectivity index (χ4v) is 0.453. The van der Waals surface area contributed by atoms with Crippen LogP contribution in [0.3, 0.4) is 0 Å². The molecule has 0 aliphatic heterocycles. The van der Waals surface area contributed by atoms with Crippen molar-refractivity contribution in [2.24, 2.45) is 5.92 Å². The molecule has 0 amide bonds. The Labute approximate surface area is 87.7 Å². The van der Waals surface area contributed by atoms with Crippen LogP contribution in [0, 0.1) is 5.92 Å². The van der Waals surface area contributed by atoms with E-state index in [1.807, 2.05) is 0 Å². The minimum absolute atomic E-state index is 0.255. The van der Waals surface area contributed by atoms with E-state index >= 15 is 0 Å². The van der Waals surface area contributed by atoms with Crippen molar-refractivity contribution in [3.63, 3.8) is 0 Å². The zero-order valence-corrected chi connectivity index (χ0v) is 10.3. The van der Waals surface area contributed by atoms with Gasteiger partial charge < -0.3 is 4.89 Å². The van der Waals surface area contributed by atoms with Gasteiger partial charge in [0.2, 0.25) is 0 Å². The summed E-state index contributed by atoms with van der Waals surface area (Å²) in [7, 11) is 0. The molecule has 0 heterocycles. The molecule has 0 saturated carbocycles. The highest BCUT2D eigenvalue weighted by atomic mass is 17.2. The summed E-state index contributed by atoms with van der Waals surface area (Å²) in [6.07, 6.45) is 2.66. The number of carbonyl (C=O) groups is 1. The maximum Gasteiger partial charge on any atom is 0.330 e. The Bertz CT molecular complexity index is 123. The molecule has 0 N–H and O–H groups in total. The van der Waals surface area contributed by atoms with Gasteiger partial charge in [-0.3, -0.25) is 4.79 Å². The van der Waals surface area contributed by atoms with E-state index in [4.69, 9.17) is 0 Å². The molecule has 0 bridgehead atoms. The third-order valence-corrected chi connectivity index (χ3v) is 1.73. The van der Waals surface area contributed by atoms with Crippen LogP contribution in [0.25, 0.3) is 0 Å². The first-order valence-electron chi connectivity index (χ1n) is 5.15. The highest BCUT2D eigenvalue weighted by molar-refractivity contribution is 5.35. The molecule has 0 aliphatic rings. The normalized spacial score (nSPS) is 10.5. The largest absolute Gasteiger partial charge is 0.330 e. The molecule has 0 saturated heterocycles. The van der Waals surface area contributed by atoms with Gasteiger partial charge in [-0.2, -0.15) is 4.89 Å². The molecule has 0 atom stereocenters. The van der Waals surface area contributed by atoms with Crippen LogP contribution in [-0.2, 0) is 14.6 Å². The first kappa shape index (κ1) is 15.9. The summed E-state index contributed by atoms with van der Waals surface area (Å²) >= 11 is 0. The average Bonchev–Trinajstić information content (AvgIpc) is 2.13. The van der Waals surface area contributed by atoms with E-state index in [9.17, 15) is 4.79 Å². The third kappa shape index (κ3) is 17.5. The van der Waals surface area contributed by atoms with E-state index < -0.39 is 5.60 Å². The second-order valence-electron chi connectivity index (χ2n) is 4.31. The van der Waals surface area contributed by atoms with Crippen molar-refractivity contribution in [3.8, 4) is 0 Å². The molecule has 3 heteroatoms.